The number of anilines is 1. The number of nitrogens with zero attached hydrogens (tertiary/aromatic N) is 1. The van der Waals surface area contributed by atoms with E-state index >= 15 is 0 Å². The highest BCUT2D eigenvalue weighted by molar-refractivity contribution is 5.95. The Labute approximate surface area is 119 Å². The summed E-state index contributed by atoms with van der Waals surface area (Å²) in [6.07, 6.45) is -7.37. The van der Waals surface area contributed by atoms with Crippen LogP contribution in [0.3, 0.4) is 0 Å². The van der Waals surface area contributed by atoms with Crippen molar-refractivity contribution in [3.63, 3.8) is 0 Å². The number of likely N-dealkylation sites (N-methyl/N-ethyl adjacent to an activating group) is 1. The van der Waals surface area contributed by atoms with Crippen molar-refractivity contribution < 1.29 is 27.9 Å². The Kier molecular flexibility index (Phi) is 5.31. The molecule has 1 aromatic rings. The van der Waals surface area contributed by atoms with Crippen LogP contribution < -0.4 is 5.32 Å². The number of hydrogen-bond donors (Lipinski definition) is 2. The molecule has 0 saturated heterocycles. The lowest BCUT2D eigenvalue weighted by Crippen LogP contribution is -2.41. The SMILES string of the molecule is CC(=O)Nc1ccc(C(=O)N(C)CC(O)C(F)(F)F)cc1. The van der Waals surface area contributed by atoms with Gasteiger partial charge in [0.15, 0.2) is 6.10 Å². The molecule has 0 fully saturated rings. The first-order valence-electron chi connectivity index (χ1n) is 5.99. The predicted octanol–water partition coefficient (Wildman–Crippen LogP) is 1.64. The largest absolute Gasteiger partial charge is 0.416 e. The molecule has 0 aliphatic rings. The quantitative estimate of drug-likeness (QED) is 0.888. The van der Waals surface area contributed by atoms with Crippen LogP contribution in [0.2, 0.25) is 0 Å². The third-order valence-corrected chi connectivity index (χ3v) is 2.62. The second-order valence-electron chi connectivity index (χ2n) is 4.50. The van der Waals surface area contributed by atoms with Crippen LogP contribution in [-0.4, -0.2) is 47.7 Å². The Morgan fingerprint density at radius 3 is 2.24 bits per heavy atom. The van der Waals surface area contributed by atoms with Crippen LogP contribution in [0.1, 0.15) is 17.3 Å². The van der Waals surface area contributed by atoms with Gasteiger partial charge in [-0.05, 0) is 24.3 Å². The van der Waals surface area contributed by atoms with E-state index in [0.29, 0.717) is 5.69 Å². The number of alkyl halides is 3. The molecule has 8 heteroatoms. The summed E-state index contributed by atoms with van der Waals surface area (Å²) in [5, 5.41) is 11.4. The van der Waals surface area contributed by atoms with Gasteiger partial charge in [-0.1, -0.05) is 0 Å². The minimum atomic E-state index is -4.77. The number of amides is 2. The van der Waals surface area contributed by atoms with E-state index in [1.165, 1.54) is 38.2 Å². The fourth-order valence-corrected chi connectivity index (χ4v) is 1.57. The zero-order valence-electron chi connectivity index (χ0n) is 11.4. The van der Waals surface area contributed by atoms with E-state index in [2.05, 4.69) is 5.32 Å². The van der Waals surface area contributed by atoms with Gasteiger partial charge in [0, 0.05) is 25.2 Å². The van der Waals surface area contributed by atoms with Gasteiger partial charge in [0.05, 0.1) is 6.54 Å². The predicted molar refractivity (Wildman–Crippen MR) is 69.8 cm³/mol. The van der Waals surface area contributed by atoms with Crippen molar-refractivity contribution in [1.82, 2.24) is 4.90 Å². The van der Waals surface area contributed by atoms with Crippen LogP contribution >= 0.6 is 0 Å². The maximum atomic E-state index is 12.2. The molecule has 0 aliphatic carbocycles. The van der Waals surface area contributed by atoms with Crippen molar-refractivity contribution in [2.24, 2.45) is 0 Å². The fraction of sp³-hybridized carbons (Fsp3) is 0.385. The van der Waals surface area contributed by atoms with Crippen molar-refractivity contribution >= 4 is 17.5 Å². The monoisotopic (exact) mass is 304 g/mol. The summed E-state index contributed by atoms with van der Waals surface area (Å²) >= 11 is 0. The summed E-state index contributed by atoms with van der Waals surface area (Å²) in [5.41, 5.74) is 0.623. The van der Waals surface area contributed by atoms with Crippen molar-refractivity contribution in [3.05, 3.63) is 29.8 Å². The van der Waals surface area contributed by atoms with Gasteiger partial charge in [-0.2, -0.15) is 13.2 Å². The van der Waals surface area contributed by atoms with E-state index in [4.69, 9.17) is 5.11 Å². The normalized spacial score (nSPS) is 12.7. The van der Waals surface area contributed by atoms with Crippen LogP contribution in [0.15, 0.2) is 24.3 Å². The molecule has 5 nitrogen and oxygen atoms in total. The van der Waals surface area contributed by atoms with Crippen molar-refractivity contribution in [3.8, 4) is 0 Å². The molecule has 0 aromatic heterocycles. The summed E-state index contributed by atoms with van der Waals surface area (Å²) in [6.45, 7) is 0.473. The van der Waals surface area contributed by atoms with E-state index < -0.39 is 24.7 Å². The van der Waals surface area contributed by atoms with E-state index in [-0.39, 0.29) is 11.5 Å². The van der Waals surface area contributed by atoms with Gasteiger partial charge < -0.3 is 15.3 Å². The molecular formula is C13H15F3N2O3. The number of rotatable bonds is 4. The second kappa shape index (κ2) is 6.57. The Bertz CT molecular complexity index is 514. The summed E-state index contributed by atoms with van der Waals surface area (Å²) in [4.78, 5) is 23.5. The van der Waals surface area contributed by atoms with Gasteiger partial charge in [-0.15, -0.1) is 0 Å². The van der Waals surface area contributed by atoms with Gasteiger partial charge in [0.2, 0.25) is 5.91 Å². The first-order valence-corrected chi connectivity index (χ1v) is 5.99. The van der Waals surface area contributed by atoms with Gasteiger partial charge in [-0.25, -0.2) is 0 Å². The van der Waals surface area contributed by atoms with Gasteiger partial charge >= 0.3 is 6.18 Å². The number of aliphatic hydroxyl groups excluding tert-OH is 1. The van der Waals surface area contributed by atoms with Crippen LogP contribution in [0.4, 0.5) is 18.9 Å². The first-order chi connectivity index (χ1) is 9.61. The van der Waals surface area contributed by atoms with Crippen LogP contribution in [0.5, 0.6) is 0 Å². The minimum Gasteiger partial charge on any atom is -0.382 e. The number of halogens is 3. The van der Waals surface area contributed by atoms with Gasteiger partial charge in [0.1, 0.15) is 0 Å². The first kappa shape index (κ1) is 17.0. The zero-order valence-corrected chi connectivity index (χ0v) is 11.4. The molecule has 2 N–H and O–H groups in total. The summed E-state index contributed by atoms with van der Waals surface area (Å²) in [7, 11) is 1.17. The topological polar surface area (TPSA) is 69.6 Å². The lowest BCUT2D eigenvalue weighted by atomic mass is 10.1. The van der Waals surface area contributed by atoms with Crippen molar-refractivity contribution in [2.45, 2.75) is 19.2 Å². The summed E-state index contributed by atoms with van der Waals surface area (Å²) in [5.74, 6) is -0.938. The molecule has 21 heavy (non-hydrogen) atoms. The summed E-state index contributed by atoms with van der Waals surface area (Å²) in [6, 6.07) is 5.68. The Morgan fingerprint density at radius 2 is 1.81 bits per heavy atom. The molecule has 0 aliphatic heterocycles. The maximum absolute atomic E-state index is 12.2. The fourth-order valence-electron chi connectivity index (χ4n) is 1.57. The van der Waals surface area contributed by atoms with Crippen molar-refractivity contribution in [2.75, 3.05) is 18.9 Å². The molecule has 0 bridgehead atoms. The number of benzene rings is 1. The molecule has 1 rings (SSSR count). The molecule has 0 heterocycles. The lowest BCUT2D eigenvalue weighted by molar-refractivity contribution is -0.205. The van der Waals surface area contributed by atoms with Crippen LogP contribution in [-0.2, 0) is 4.79 Å². The standard InChI is InChI=1S/C13H15F3N2O3/c1-8(19)17-10-5-3-9(4-6-10)12(21)18(2)7-11(20)13(14,15)16/h3-6,11,20H,7H2,1-2H3,(H,17,19). The molecule has 0 saturated carbocycles. The Hall–Kier alpha value is -2.09. The number of nitrogens with one attached hydrogen (secondary N) is 1. The highest BCUT2D eigenvalue weighted by Crippen LogP contribution is 2.21. The highest BCUT2D eigenvalue weighted by Gasteiger charge is 2.39. The molecule has 0 spiro atoms. The number of carbonyl (C=O) groups is 2. The average Bonchev–Trinajstić information content (AvgIpc) is 2.36. The van der Waals surface area contributed by atoms with Gasteiger partial charge in [-0.3, -0.25) is 9.59 Å². The van der Waals surface area contributed by atoms with E-state index in [9.17, 15) is 22.8 Å². The molecule has 116 valence electrons. The number of hydrogen-bond acceptors (Lipinski definition) is 3. The van der Waals surface area contributed by atoms with E-state index in [1.807, 2.05) is 0 Å². The van der Waals surface area contributed by atoms with Gasteiger partial charge in [0.25, 0.3) is 5.91 Å². The minimum absolute atomic E-state index is 0.154. The van der Waals surface area contributed by atoms with Crippen LogP contribution in [0, 0.1) is 0 Å². The third kappa shape index (κ3) is 5.07. The van der Waals surface area contributed by atoms with E-state index in [1.54, 1.807) is 0 Å². The Morgan fingerprint density at radius 1 is 1.29 bits per heavy atom. The summed E-state index contributed by atoms with van der Waals surface area (Å²) < 4.78 is 36.7. The molecule has 2 amide bonds. The molecule has 1 atom stereocenters. The smallest absolute Gasteiger partial charge is 0.382 e. The van der Waals surface area contributed by atoms with Crippen molar-refractivity contribution in [1.29, 1.82) is 0 Å². The average molecular weight is 304 g/mol. The van der Waals surface area contributed by atoms with Crippen LogP contribution in [0.25, 0.3) is 0 Å². The molecule has 0 radical (unpaired) electrons. The molecular weight excluding hydrogens is 289 g/mol. The number of carbonyl (C=O) groups excluding carboxylic acids is 2. The maximum Gasteiger partial charge on any atom is 0.416 e. The Balaban J connectivity index is 2.72. The number of aliphatic hydroxyl groups is 1. The zero-order chi connectivity index (χ0) is 16.2. The molecule has 1 aromatic carbocycles. The van der Waals surface area contributed by atoms with E-state index in [0.717, 1.165) is 4.90 Å². The third-order valence-electron chi connectivity index (χ3n) is 2.62. The lowest BCUT2D eigenvalue weighted by Gasteiger charge is -2.22. The second-order valence-corrected chi connectivity index (χ2v) is 4.50. The highest BCUT2D eigenvalue weighted by atomic mass is 19.4. The molecule has 1 unspecified atom stereocenters.